The summed E-state index contributed by atoms with van der Waals surface area (Å²) in [5, 5.41) is 6.15. The van der Waals surface area contributed by atoms with Crippen LogP contribution in [0.25, 0.3) is 0 Å². The van der Waals surface area contributed by atoms with Crippen molar-refractivity contribution >= 4 is 6.03 Å². The molecule has 2 unspecified atom stereocenters. The largest absolute Gasteiger partial charge is 0.378 e. The van der Waals surface area contributed by atoms with E-state index < -0.39 is 6.03 Å². The predicted octanol–water partition coefficient (Wildman–Crippen LogP) is 0.982. The number of rotatable bonds is 6. The molecule has 5 heteroatoms. The summed E-state index contributed by atoms with van der Waals surface area (Å²) in [4.78, 5) is 10.6. The van der Waals surface area contributed by atoms with Gasteiger partial charge in [0, 0.05) is 31.2 Å². The smallest absolute Gasteiger partial charge is 0.312 e. The molecule has 2 amide bonds. The third-order valence-corrected chi connectivity index (χ3v) is 4.50. The van der Waals surface area contributed by atoms with Crippen molar-refractivity contribution in [2.75, 3.05) is 19.7 Å². The first kappa shape index (κ1) is 13.6. The average Bonchev–Trinajstić information content (AvgIpc) is 2.83. The number of ether oxygens (including phenoxy) is 1. The maximum absolute atomic E-state index is 10.6. The molecule has 2 aliphatic rings. The first-order valence-electron chi connectivity index (χ1n) is 7.07. The second-order valence-electron chi connectivity index (χ2n) is 5.42. The van der Waals surface area contributed by atoms with E-state index in [2.05, 4.69) is 17.6 Å². The molecule has 0 aromatic rings. The van der Waals surface area contributed by atoms with Gasteiger partial charge in [0.25, 0.3) is 0 Å². The topological polar surface area (TPSA) is 76.4 Å². The fourth-order valence-corrected chi connectivity index (χ4v) is 3.60. The van der Waals surface area contributed by atoms with Gasteiger partial charge in [-0.2, -0.15) is 0 Å². The molecule has 2 saturated carbocycles. The van der Waals surface area contributed by atoms with Crippen LogP contribution in [0.5, 0.6) is 0 Å². The lowest BCUT2D eigenvalue weighted by Gasteiger charge is -2.54. The Labute approximate surface area is 109 Å². The highest BCUT2D eigenvalue weighted by Crippen LogP contribution is 2.54. The number of nitrogens with two attached hydrogens (primary N) is 1. The molecule has 0 aromatic heterocycles. The zero-order chi connectivity index (χ0) is 13.0. The lowest BCUT2D eigenvalue weighted by Crippen LogP contribution is -2.63. The zero-order valence-electron chi connectivity index (χ0n) is 11.2. The fraction of sp³-hybridized carbons (Fsp3) is 0.923. The summed E-state index contributed by atoms with van der Waals surface area (Å²) >= 11 is 0. The normalized spacial score (nSPS) is 29.2. The van der Waals surface area contributed by atoms with E-state index in [0.29, 0.717) is 24.1 Å². The van der Waals surface area contributed by atoms with E-state index in [1.807, 2.05) is 0 Å². The molecule has 2 atom stereocenters. The third kappa shape index (κ3) is 2.62. The number of primary amides is 1. The van der Waals surface area contributed by atoms with Crippen molar-refractivity contribution in [3.8, 4) is 0 Å². The van der Waals surface area contributed by atoms with E-state index >= 15 is 0 Å². The van der Waals surface area contributed by atoms with E-state index in [-0.39, 0.29) is 0 Å². The van der Waals surface area contributed by atoms with Gasteiger partial charge in [0.05, 0.1) is 6.10 Å². The Kier molecular flexibility index (Phi) is 4.45. The van der Waals surface area contributed by atoms with Crippen LogP contribution < -0.4 is 16.4 Å². The Morgan fingerprint density at radius 2 is 2.11 bits per heavy atom. The van der Waals surface area contributed by atoms with Crippen LogP contribution in [0, 0.1) is 5.41 Å². The van der Waals surface area contributed by atoms with Crippen LogP contribution in [0.3, 0.4) is 0 Å². The standard InChI is InChI=1S/C13H25N3O2/c1-2-18-11-9-10(13(11)5-3-4-6-13)15-7-8-16-12(14)17/h10-11,15H,2-9H2,1H3,(H3,14,16,17). The fourth-order valence-electron chi connectivity index (χ4n) is 3.60. The summed E-state index contributed by atoms with van der Waals surface area (Å²) in [6, 6.07) is 0.0967. The van der Waals surface area contributed by atoms with Crippen molar-refractivity contribution in [1.29, 1.82) is 0 Å². The number of amides is 2. The summed E-state index contributed by atoms with van der Waals surface area (Å²) in [5.41, 5.74) is 5.40. The quantitative estimate of drug-likeness (QED) is 0.619. The average molecular weight is 255 g/mol. The molecule has 1 spiro atoms. The van der Waals surface area contributed by atoms with Crippen LogP contribution in [-0.4, -0.2) is 37.9 Å². The Bertz CT molecular complexity index is 290. The van der Waals surface area contributed by atoms with Gasteiger partial charge in [0.2, 0.25) is 0 Å². The van der Waals surface area contributed by atoms with Gasteiger partial charge < -0.3 is 21.1 Å². The molecule has 5 nitrogen and oxygen atoms in total. The SMILES string of the molecule is CCOC1CC(NCCNC(N)=O)C12CCCC2. The molecule has 18 heavy (non-hydrogen) atoms. The molecule has 2 aliphatic carbocycles. The first-order valence-corrected chi connectivity index (χ1v) is 7.07. The molecule has 0 aromatic carbocycles. The minimum atomic E-state index is -0.451. The van der Waals surface area contributed by atoms with Gasteiger partial charge in [0.1, 0.15) is 0 Å². The van der Waals surface area contributed by atoms with Crippen molar-refractivity contribution in [2.45, 2.75) is 51.2 Å². The monoisotopic (exact) mass is 255 g/mol. The van der Waals surface area contributed by atoms with E-state index in [0.717, 1.165) is 19.6 Å². The minimum absolute atomic E-state index is 0.364. The zero-order valence-corrected chi connectivity index (χ0v) is 11.2. The summed E-state index contributed by atoms with van der Waals surface area (Å²) in [6.07, 6.45) is 6.73. The van der Waals surface area contributed by atoms with Crippen LogP contribution in [0.4, 0.5) is 4.79 Å². The summed E-state index contributed by atoms with van der Waals surface area (Å²) < 4.78 is 5.86. The van der Waals surface area contributed by atoms with Crippen molar-refractivity contribution in [3.05, 3.63) is 0 Å². The second-order valence-corrected chi connectivity index (χ2v) is 5.42. The molecule has 2 rings (SSSR count). The lowest BCUT2D eigenvalue weighted by atomic mass is 9.60. The molecule has 0 heterocycles. The van der Waals surface area contributed by atoms with E-state index in [4.69, 9.17) is 10.5 Å². The summed E-state index contributed by atoms with van der Waals surface area (Å²) in [7, 11) is 0. The number of urea groups is 1. The highest BCUT2D eigenvalue weighted by Gasteiger charge is 2.56. The molecular formula is C13H25N3O2. The van der Waals surface area contributed by atoms with Crippen LogP contribution in [0.15, 0.2) is 0 Å². The van der Waals surface area contributed by atoms with Crippen molar-refractivity contribution in [2.24, 2.45) is 11.1 Å². The van der Waals surface area contributed by atoms with Crippen LogP contribution in [-0.2, 0) is 4.74 Å². The molecule has 0 radical (unpaired) electrons. The van der Waals surface area contributed by atoms with E-state index in [1.165, 1.54) is 25.7 Å². The highest BCUT2D eigenvalue weighted by atomic mass is 16.5. The van der Waals surface area contributed by atoms with Crippen LogP contribution >= 0.6 is 0 Å². The molecule has 0 bridgehead atoms. The minimum Gasteiger partial charge on any atom is -0.378 e. The van der Waals surface area contributed by atoms with Crippen molar-refractivity contribution < 1.29 is 9.53 Å². The second kappa shape index (κ2) is 5.89. The number of hydrogen-bond acceptors (Lipinski definition) is 3. The molecule has 0 saturated heterocycles. The van der Waals surface area contributed by atoms with Crippen molar-refractivity contribution in [1.82, 2.24) is 10.6 Å². The summed E-state index contributed by atoms with van der Waals surface area (Å²) in [5.74, 6) is 0. The molecule has 104 valence electrons. The Morgan fingerprint density at radius 1 is 1.39 bits per heavy atom. The van der Waals surface area contributed by atoms with Gasteiger partial charge >= 0.3 is 6.03 Å². The van der Waals surface area contributed by atoms with Gasteiger partial charge in [-0.3, -0.25) is 0 Å². The summed E-state index contributed by atoms with van der Waals surface area (Å²) in [6.45, 7) is 4.26. The predicted molar refractivity (Wildman–Crippen MR) is 70.3 cm³/mol. The number of carbonyl (C=O) groups excluding carboxylic acids is 1. The number of hydrogen-bond donors (Lipinski definition) is 3. The number of carbonyl (C=O) groups is 1. The van der Waals surface area contributed by atoms with Crippen molar-refractivity contribution in [3.63, 3.8) is 0 Å². The van der Waals surface area contributed by atoms with Gasteiger partial charge in [-0.25, -0.2) is 4.79 Å². The Hall–Kier alpha value is -0.810. The van der Waals surface area contributed by atoms with E-state index in [1.54, 1.807) is 0 Å². The van der Waals surface area contributed by atoms with Gasteiger partial charge in [-0.05, 0) is 26.2 Å². The molecular weight excluding hydrogens is 230 g/mol. The Balaban J connectivity index is 1.77. The highest BCUT2D eigenvalue weighted by molar-refractivity contribution is 5.71. The molecule has 2 fully saturated rings. The lowest BCUT2D eigenvalue weighted by molar-refractivity contribution is -0.130. The molecule has 0 aliphatic heterocycles. The van der Waals surface area contributed by atoms with Gasteiger partial charge in [0.15, 0.2) is 0 Å². The van der Waals surface area contributed by atoms with E-state index in [9.17, 15) is 4.79 Å². The first-order chi connectivity index (χ1) is 8.69. The third-order valence-electron chi connectivity index (χ3n) is 4.50. The van der Waals surface area contributed by atoms with Gasteiger partial charge in [-0.1, -0.05) is 12.8 Å². The Morgan fingerprint density at radius 3 is 2.72 bits per heavy atom. The van der Waals surface area contributed by atoms with Crippen LogP contribution in [0.2, 0.25) is 0 Å². The molecule has 4 N–H and O–H groups in total. The maximum Gasteiger partial charge on any atom is 0.312 e. The number of nitrogens with one attached hydrogen (secondary N) is 2. The van der Waals surface area contributed by atoms with Gasteiger partial charge in [-0.15, -0.1) is 0 Å². The maximum atomic E-state index is 10.6. The van der Waals surface area contributed by atoms with Crippen LogP contribution in [0.1, 0.15) is 39.0 Å².